The molecule has 3 heterocycles. The number of hydrogen-bond acceptors (Lipinski definition) is 4. The zero-order chi connectivity index (χ0) is 19.0. The molecule has 1 atom stereocenters. The molecule has 0 saturated carbocycles. The first-order valence-electron chi connectivity index (χ1n) is 9.45. The van der Waals surface area contributed by atoms with Gasteiger partial charge in [0.25, 0.3) is 5.91 Å². The van der Waals surface area contributed by atoms with Crippen molar-refractivity contribution in [2.75, 3.05) is 26.2 Å². The molecular weight excluding hydrogens is 344 g/mol. The zero-order valence-electron chi connectivity index (χ0n) is 15.5. The Balaban J connectivity index is 1.34. The van der Waals surface area contributed by atoms with E-state index in [4.69, 9.17) is 0 Å². The summed E-state index contributed by atoms with van der Waals surface area (Å²) < 4.78 is 0. The summed E-state index contributed by atoms with van der Waals surface area (Å²) in [5.41, 5.74) is 0.434. The van der Waals surface area contributed by atoms with Crippen molar-refractivity contribution in [1.82, 2.24) is 15.1 Å². The fourth-order valence-corrected chi connectivity index (χ4v) is 4.28. The number of nitrogens with one attached hydrogen (secondary N) is 1. The highest BCUT2D eigenvalue weighted by Gasteiger charge is 2.45. The molecule has 2 saturated heterocycles. The Kier molecular flexibility index (Phi) is 4.45. The van der Waals surface area contributed by atoms with Crippen LogP contribution in [0.1, 0.15) is 37.7 Å². The fraction of sp³-hybridized carbons (Fsp3) is 0.500. The standard InChI is InChI=1S/C20H24N4O3/c1-14-21-19(27)20(22-14)7-9-23(10-8-20)18(26)13-24-12-16(11-17(24)25)15-5-3-2-4-6-15/h2-6,16H,7-13H2,1H3,(H,21,22,27)/t16-/m0/s1. The van der Waals surface area contributed by atoms with Crippen LogP contribution in [-0.4, -0.2) is 65.1 Å². The van der Waals surface area contributed by atoms with Crippen LogP contribution in [0.5, 0.6) is 0 Å². The molecule has 7 nitrogen and oxygen atoms in total. The first kappa shape index (κ1) is 17.7. The molecule has 0 unspecified atom stereocenters. The van der Waals surface area contributed by atoms with Gasteiger partial charge in [0.2, 0.25) is 11.8 Å². The van der Waals surface area contributed by atoms with Crippen LogP contribution in [0.3, 0.4) is 0 Å². The third-order valence-electron chi connectivity index (χ3n) is 5.85. The normalized spacial score (nSPS) is 24.3. The van der Waals surface area contributed by atoms with Crippen molar-refractivity contribution in [1.29, 1.82) is 0 Å². The van der Waals surface area contributed by atoms with Crippen LogP contribution in [0.25, 0.3) is 0 Å². The van der Waals surface area contributed by atoms with Gasteiger partial charge in [-0.25, -0.2) is 0 Å². The van der Waals surface area contributed by atoms with Gasteiger partial charge in [-0.2, -0.15) is 0 Å². The Hall–Kier alpha value is -2.70. The van der Waals surface area contributed by atoms with Crippen LogP contribution in [-0.2, 0) is 14.4 Å². The molecule has 0 aromatic heterocycles. The second-order valence-electron chi connectivity index (χ2n) is 7.65. The van der Waals surface area contributed by atoms with E-state index >= 15 is 0 Å². The molecule has 3 amide bonds. The van der Waals surface area contributed by atoms with Gasteiger partial charge in [0.1, 0.15) is 11.4 Å². The average molecular weight is 368 g/mol. The third-order valence-corrected chi connectivity index (χ3v) is 5.85. The molecule has 0 radical (unpaired) electrons. The number of amidine groups is 1. The molecule has 27 heavy (non-hydrogen) atoms. The molecular formula is C20H24N4O3. The molecule has 3 aliphatic heterocycles. The smallest absolute Gasteiger partial charge is 0.253 e. The maximum Gasteiger partial charge on any atom is 0.253 e. The maximum atomic E-state index is 12.7. The average Bonchev–Trinajstić information content (AvgIpc) is 3.16. The number of likely N-dealkylation sites (tertiary alicyclic amines) is 2. The molecule has 2 fully saturated rings. The molecule has 1 spiro atoms. The number of carbonyl (C=O) groups excluding carboxylic acids is 3. The lowest BCUT2D eigenvalue weighted by molar-refractivity contribution is -0.140. The highest BCUT2D eigenvalue weighted by atomic mass is 16.2. The summed E-state index contributed by atoms with van der Waals surface area (Å²) in [6.07, 6.45) is 1.51. The SMILES string of the molecule is CC1=NC2(CCN(C(=O)CN3C[C@@H](c4ccccc4)CC3=O)CC2)C(=O)N1. The third kappa shape index (κ3) is 3.34. The van der Waals surface area contributed by atoms with E-state index < -0.39 is 5.54 Å². The Morgan fingerprint density at radius 3 is 2.56 bits per heavy atom. The largest absolute Gasteiger partial charge is 0.341 e. The summed E-state index contributed by atoms with van der Waals surface area (Å²) in [7, 11) is 0. The number of amides is 3. The van der Waals surface area contributed by atoms with Gasteiger partial charge in [0.15, 0.2) is 0 Å². The Bertz CT molecular complexity index is 797. The van der Waals surface area contributed by atoms with Gasteiger partial charge < -0.3 is 15.1 Å². The van der Waals surface area contributed by atoms with Crippen LogP contribution >= 0.6 is 0 Å². The van der Waals surface area contributed by atoms with Crippen molar-refractivity contribution in [3.63, 3.8) is 0 Å². The summed E-state index contributed by atoms with van der Waals surface area (Å²) in [4.78, 5) is 45.1. The molecule has 0 aliphatic carbocycles. The number of nitrogens with zero attached hydrogens (tertiary/aromatic N) is 3. The van der Waals surface area contributed by atoms with Crippen LogP contribution in [0.2, 0.25) is 0 Å². The van der Waals surface area contributed by atoms with Gasteiger partial charge in [-0.15, -0.1) is 0 Å². The lowest BCUT2D eigenvalue weighted by Crippen LogP contribution is -2.52. The second-order valence-corrected chi connectivity index (χ2v) is 7.65. The van der Waals surface area contributed by atoms with Gasteiger partial charge in [-0.1, -0.05) is 30.3 Å². The summed E-state index contributed by atoms with van der Waals surface area (Å²) in [6.45, 7) is 3.47. The molecule has 1 aromatic carbocycles. The Morgan fingerprint density at radius 1 is 1.22 bits per heavy atom. The van der Waals surface area contributed by atoms with Gasteiger partial charge in [0, 0.05) is 32.0 Å². The minimum atomic E-state index is -0.706. The van der Waals surface area contributed by atoms with Crippen LogP contribution in [0.4, 0.5) is 0 Å². The lowest BCUT2D eigenvalue weighted by Gasteiger charge is -2.36. The van der Waals surface area contributed by atoms with Gasteiger partial charge in [0.05, 0.1) is 6.54 Å². The number of rotatable bonds is 3. The monoisotopic (exact) mass is 368 g/mol. The van der Waals surface area contributed by atoms with Crippen molar-refractivity contribution < 1.29 is 14.4 Å². The molecule has 7 heteroatoms. The van der Waals surface area contributed by atoms with Crippen molar-refractivity contribution in [2.24, 2.45) is 4.99 Å². The molecule has 0 bridgehead atoms. The van der Waals surface area contributed by atoms with E-state index in [1.165, 1.54) is 0 Å². The van der Waals surface area contributed by atoms with Gasteiger partial charge >= 0.3 is 0 Å². The quantitative estimate of drug-likeness (QED) is 0.861. The Morgan fingerprint density at radius 2 is 1.93 bits per heavy atom. The Labute approximate surface area is 158 Å². The van der Waals surface area contributed by atoms with Crippen molar-refractivity contribution >= 4 is 23.6 Å². The summed E-state index contributed by atoms with van der Waals surface area (Å²) in [5.74, 6) is 0.713. The van der Waals surface area contributed by atoms with E-state index in [1.54, 1.807) is 16.7 Å². The molecule has 142 valence electrons. The van der Waals surface area contributed by atoms with Gasteiger partial charge in [-0.05, 0) is 25.3 Å². The summed E-state index contributed by atoms with van der Waals surface area (Å²) in [5, 5.41) is 2.76. The van der Waals surface area contributed by atoms with Crippen molar-refractivity contribution in [3.8, 4) is 0 Å². The molecule has 1 N–H and O–H groups in total. The van der Waals surface area contributed by atoms with Crippen molar-refractivity contribution in [3.05, 3.63) is 35.9 Å². The molecule has 3 aliphatic rings. The van der Waals surface area contributed by atoms with Gasteiger partial charge in [-0.3, -0.25) is 19.4 Å². The number of hydrogen-bond donors (Lipinski definition) is 1. The molecule has 1 aromatic rings. The van der Waals surface area contributed by atoms with E-state index in [-0.39, 0.29) is 30.2 Å². The second kappa shape index (κ2) is 6.79. The van der Waals surface area contributed by atoms with E-state index in [2.05, 4.69) is 10.3 Å². The van der Waals surface area contributed by atoms with E-state index in [0.29, 0.717) is 44.7 Å². The number of piperidine rings is 1. The van der Waals surface area contributed by atoms with Crippen LogP contribution < -0.4 is 5.32 Å². The predicted octanol–water partition coefficient (Wildman–Crippen LogP) is 0.912. The highest BCUT2D eigenvalue weighted by Crippen LogP contribution is 2.31. The molecule has 4 rings (SSSR count). The fourth-order valence-electron chi connectivity index (χ4n) is 4.28. The maximum absolute atomic E-state index is 12.7. The van der Waals surface area contributed by atoms with E-state index in [0.717, 1.165) is 5.56 Å². The minimum absolute atomic E-state index is 0.0288. The van der Waals surface area contributed by atoms with E-state index in [9.17, 15) is 14.4 Å². The van der Waals surface area contributed by atoms with Crippen LogP contribution in [0, 0.1) is 0 Å². The van der Waals surface area contributed by atoms with Crippen LogP contribution in [0.15, 0.2) is 35.3 Å². The topological polar surface area (TPSA) is 82.1 Å². The number of carbonyl (C=O) groups is 3. The highest BCUT2D eigenvalue weighted by molar-refractivity contribution is 6.07. The first-order valence-corrected chi connectivity index (χ1v) is 9.45. The predicted molar refractivity (Wildman–Crippen MR) is 100 cm³/mol. The first-order chi connectivity index (χ1) is 13.0. The number of aliphatic imine (C=N–C) groups is 1. The lowest BCUT2D eigenvalue weighted by atomic mass is 9.88. The minimum Gasteiger partial charge on any atom is -0.341 e. The zero-order valence-corrected chi connectivity index (χ0v) is 15.5. The summed E-state index contributed by atoms with van der Waals surface area (Å²) in [6, 6.07) is 9.97. The van der Waals surface area contributed by atoms with Crippen molar-refractivity contribution in [2.45, 2.75) is 37.6 Å². The summed E-state index contributed by atoms with van der Waals surface area (Å²) >= 11 is 0. The number of benzene rings is 1. The van der Waals surface area contributed by atoms with E-state index in [1.807, 2.05) is 30.3 Å².